The molecule has 0 bridgehead atoms. The smallest absolute Gasteiger partial charge is 0.0908 e. The molecule has 1 aliphatic carbocycles. The summed E-state index contributed by atoms with van der Waals surface area (Å²) in [6, 6.07) is 11.5. The maximum absolute atomic E-state index is 8.62. The van der Waals surface area contributed by atoms with Gasteiger partial charge < -0.3 is 0 Å². The number of nitriles is 1. The minimum absolute atomic E-state index is 0.646. The zero-order chi connectivity index (χ0) is 17.7. The highest BCUT2D eigenvalue weighted by Crippen LogP contribution is 2.32. The molecule has 1 aliphatic rings. The van der Waals surface area contributed by atoms with Gasteiger partial charge in [-0.1, -0.05) is 62.9 Å². The molecule has 0 spiro atoms. The maximum atomic E-state index is 8.62. The third kappa shape index (κ3) is 7.91. The van der Waals surface area contributed by atoms with Crippen LogP contribution in [-0.4, -0.2) is 0 Å². The normalized spacial score (nSPS) is 20.6. The first-order valence-electron chi connectivity index (χ1n) is 10.5. The lowest BCUT2D eigenvalue weighted by atomic mass is 9.79. The van der Waals surface area contributed by atoms with Crippen molar-refractivity contribution in [1.82, 2.24) is 0 Å². The topological polar surface area (TPSA) is 23.8 Å². The zero-order valence-corrected chi connectivity index (χ0v) is 16.1. The number of hydrogen-bond donors (Lipinski definition) is 0. The van der Waals surface area contributed by atoms with E-state index in [0.717, 1.165) is 5.92 Å². The van der Waals surface area contributed by atoms with Crippen LogP contribution in [0.3, 0.4) is 0 Å². The second kappa shape index (κ2) is 11.9. The number of allylic oxidation sites excluding steroid dienone is 2. The molecule has 0 radical (unpaired) electrons. The van der Waals surface area contributed by atoms with Crippen molar-refractivity contribution in [3.05, 3.63) is 47.5 Å². The summed E-state index contributed by atoms with van der Waals surface area (Å²) < 4.78 is 0. The predicted molar refractivity (Wildman–Crippen MR) is 107 cm³/mol. The molecule has 1 nitrogen and oxygen atoms in total. The highest BCUT2D eigenvalue weighted by atomic mass is 14.3. The quantitative estimate of drug-likeness (QED) is 0.332. The molecule has 0 saturated heterocycles. The fraction of sp³-hybridized carbons (Fsp3) is 0.625. The van der Waals surface area contributed by atoms with E-state index >= 15 is 0 Å². The first kappa shape index (κ1) is 19.8. The lowest BCUT2D eigenvalue weighted by molar-refractivity contribution is 0.296. The van der Waals surface area contributed by atoms with E-state index in [0.29, 0.717) is 5.92 Å². The molecule has 1 aromatic carbocycles. The fourth-order valence-corrected chi connectivity index (χ4v) is 4.02. The molecule has 1 fully saturated rings. The average molecular weight is 338 g/mol. The van der Waals surface area contributed by atoms with E-state index in [1.54, 1.807) is 6.08 Å². The zero-order valence-electron chi connectivity index (χ0n) is 16.1. The lowest BCUT2D eigenvalue weighted by Crippen LogP contribution is -2.13. The van der Waals surface area contributed by atoms with Crippen molar-refractivity contribution in [2.75, 3.05) is 0 Å². The molecule has 1 saturated carbocycles. The van der Waals surface area contributed by atoms with Crippen LogP contribution in [0.5, 0.6) is 0 Å². The summed E-state index contributed by atoms with van der Waals surface area (Å²) in [6.45, 7) is 2.27. The Morgan fingerprint density at radius 1 is 0.920 bits per heavy atom. The summed E-state index contributed by atoms with van der Waals surface area (Å²) in [5.41, 5.74) is 3.01. The van der Waals surface area contributed by atoms with Gasteiger partial charge in [-0.25, -0.2) is 0 Å². The van der Waals surface area contributed by atoms with Crippen molar-refractivity contribution in [2.24, 2.45) is 11.8 Å². The van der Waals surface area contributed by atoms with Crippen molar-refractivity contribution in [2.45, 2.75) is 84.0 Å². The predicted octanol–water partition coefficient (Wildman–Crippen LogP) is 7.02. The summed E-state index contributed by atoms with van der Waals surface area (Å²) in [5, 5.41) is 8.62. The average Bonchev–Trinajstić information content (AvgIpc) is 2.66. The molecule has 25 heavy (non-hydrogen) atoms. The number of benzene rings is 1. The molecule has 0 aliphatic heterocycles. The van der Waals surface area contributed by atoms with E-state index in [9.17, 15) is 0 Å². The molecule has 0 unspecified atom stereocenters. The second-order valence-corrected chi connectivity index (χ2v) is 7.79. The van der Waals surface area contributed by atoms with Crippen molar-refractivity contribution < 1.29 is 0 Å². The fourth-order valence-electron chi connectivity index (χ4n) is 4.02. The van der Waals surface area contributed by atoms with Crippen LogP contribution in [0.25, 0.3) is 0 Å². The van der Waals surface area contributed by atoms with Crippen molar-refractivity contribution in [3.8, 4) is 6.07 Å². The van der Waals surface area contributed by atoms with Gasteiger partial charge in [-0.3, -0.25) is 0 Å². The van der Waals surface area contributed by atoms with Gasteiger partial charge in [-0.15, -0.1) is 0 Å². The minimum Gasteiger partial charge on any atom is -0.193 e. The minimum atomic E-state index is 0.646. The molecular formula is C24H35N. The molecule has 1 aromatic rings. The first-order chi connectivity index (χ1) is 12.3. The highest BCUT2D eigenvalue weighted by Gasteiger charge is 2.19. The van der Waals surface area contributed by atoms with Gasteiger partial charge in [-0.05, 0) is 74.3 Å². The van der Waals surface area contributed by atoms with Crippen LogP contribution in [0, 0.1) is 23.2 Å². The van der Waals surface area contributed by atoms with E-state index in [1.807, 2.05) is 0 Å². The third-order valence-electron chi connectivity index (χ3n) is 5.77. The number of hydrogen-bond acceptors (Lipinski definition) is 1. The largest absolute Gasteiger partial charge is 0.193 e. The van der Waals surface area contributed by atoms with Crippen LogP contribution < -0.4 is 0 Å². The van der Waals surface area contributed by atoms with Crippen LogP contribution in [0.15, 0.2) is 36.4 Å². The Labute approximate surface area is 155 Å². The van der Waals surface area contributed by atoms with E-state index in [2.05, 4.69) is 43.3 Å². The van der Waals surface area contributed by atoms with Crippen molar-refractivity contribution in [3.63, 3.8) is 0 Å². The van der Waals surface area contributed by atoms with Crippen LogP contribution in [0.1, 0.15) is 82.3 Å². The monoisotopic (exact) mass is 337 g/mol. The summed E-state index contributed by atoms with van der Waals surface area (Å²) >= 11 is 0. The van der Waals surface area contributed by atoms with E-state index in [1.165, 1.54) is 88.2 Å². The maximum Gasteiger partial charge on any atom is 0.0908 e. The van der Waals surface area contributed by atoms with Crippen LogP contribution >= 0.6 is 0 Å². The SMILES string of the molecule is CCCCCCCc1ccc(CCC2CCC(C=CC#N)CC2)cc1. The van der Waals surface area contributed by atoms with Crippen LogP contribution in [-0.2, 0) is 12.8 Å². The third-order valence-corrected chi connectivity index (χ3v) is 5.77. The van der Waals surface area contributed by atoms with Gasteiger partial charge in [0.15, 0.2) is 0 Å². The number of nitrogens with zero attached hydrogens (tertiary/aromatic N) is 1. The molecule has 0 N–H and O–H groups in total. The van der Waals surface area contributed by atoms with Crippen LogP contribution in [0.2, 0.25) is 0 Å². The summed E-state index contributed by atoms with van der Waals surface area (Å²) in [5.74, 6) is 1.53. The van der Waals surface area contributed by atoms with Gasteiger partial charge in [-0.2, -0.15) is 5.26 Å². The Balaban J connectivity index is 1.63. The van der Waals surface area contributed by atoms with Gasteiger partial charge in [0.25, 0.3) is 0 Å². The van der Waals surface area contributed by atoms with Gasteiger partial charge in [0.05, 0.1) is 6.07 Å². The van der Waals surface area contributed by atoms with Crippen LogP contribution in [0.4, 0.5) is 0 Å². The molecule has 0 atom stereocenters. The van der Waals surface area contributed by atoms with Gasteiger partial charge >= 0.3 is 0 Å². The highest BCUT2D eigenvalue weighted by molar-refractivity contribution is 5.22. The van der Waals surface area contributed by atoms with E-state index in [-0.39, 0.29) is 0 Å². The molecule has 0 amide bonds. The Hall–Kier alpha value is -1.55. The van der Waals surface area contributed by atoms with E-state index < -0.39 is 0 Å². The van der Waals surface area contributed by atoms with Gasteiger partial charge in [0.2, 0.25) is 0 Å². The van der Waals surface area contributed by atoms with Gasteiger partial charge in [0, 0.05) is 6.08 Å². The second-order valence-electron chi connectivity index (χ2n) is 7.79. The molecule has 136 valence electrons. The molecular weight excluding hydrogens is 302 g/mol. The summed E-state index contributed by atoms with van der Waals surface area (Å²) in [7, 11) is 0. The Morgan fingerprint density at radius 3 is 2.20 bits per heavy atom. The number of aryl methyl sites for hydroxylation is 2. The number of unbranched alkanes of at least 4 members (excludes halogenated alkanes) is 4. The standard InChI is InChI=1S/C24H35N/c1-2-3-4-5-6-8-21-10-14-23(15-11-21)18-19-24-16-12-22(13-17-24)9-7-20-25/h7,9-11,14-15,22,24H,2-6,8,12-13,16-19H2,1H3. The first-order valence-corrected chi connectivity index (χ1v) is 10.5. The van der Waals surface area contributed by atoms with E-state index in [4.69, 9.17) is 5.26 Å². The Bertz CT molecular complexity index is 526. The molecule has 2 rings (SSSR count). The summed E-state index contributed by atoms with van der Waals surface area (Å²) in [4.78, 5) is 0. The summed E-state index contributed by atoms with van der Waals surface area (Å²) in [6.07, 6.45) is 19.6. The van der Waals surface area contributed by atoms with Crippen molar-refractivity contribution in [1.29, 1.82) is 5.26 Å². The number of rotatable bonds is 10. The lowest BCUT2D eigenvalue weighted by Gasteiger charge is -2.26. The van der Waals surface area contributed by atoms with Crippen molar-refractivity contribution >= 4 is 0 Å². The Kier molecular flexibility index (Phi) is 9.42. The Morgan fingerprint density at radius 2 is 1.56 bits per heavy atom. The molecule has 0 heterocycles. The van der Waals surface area contributed by atoms with Gasteiger partial charge in [0.1, 0.15) is 0 Å². The molecule has 1 heteroatoms. The molecule has 0 aromatic heterocycles.